The van der Waals surface area contributed by atoms with Crippen LogP contribution in [0.2, 0.25) is 0 Å². The SMILES string of the molecule is CCNC(=O)Nc1cc(C2=NC(C(F)(F)F)CS2)c(B(O)O)cn1. The summed E-state index contributed by atoms with van der Waals surface area (Å²) in [5, 5.41) is 23.6. The van der Waals surface area contributed by atoms with Crippen molar-refractivity contribution in [2.45, 2.75) is 19.1 Å². The Bertz CT molecular complexity index is 657. The van der Waals surface area contributed by atoms with E-state index in [2.05, 4.69) is 20.6 Å². The largest absolute Gasteiger partial charge is 0.490 e. The van der Waals surface area contributed by atoms with Crippen molar-refractivity contribution in [1.29, 1.82) is 0 Å². The fraction of sp³-hybridized carbons (Fsp3) is 0.417. The third-order valence-electron chi connectivity index (χ3n) is 3.05. The van der Waals surface area contributed by atoms with Crippen LogP contribution in [0.4, 0.5) is 23.8 Å². The highest BCUT2D eigenvalue weighted by Crippen LogP contribution is 2.33. The molecule has 0 spiro atoms. The van der Waals surface area contributed by atoms with Crippen molar-refractivity contribution >= 4 is 41.2 Å². The van der Waals surface area contributed by atoms with Gasteiger partial charge in [0.05, 0.1) is 5.04 Å². The maximum Gasteiger partial charge on any atom is 0.490 e. The Morgan fingerprint density at radius 2 is 2.21 bits per heavy atom. The van der Waals surface area contributed by atoms with E-state index in [1.165, 1.54) is 6.07 Å². The molecule has 0 aliphatic carbocycles. The normalized spacial score (nSPS) is 17.4. The zero-order chi connectivity index (χ0) is 17.9. The number of carbonyl (C=O) groups is 1. The molecule has 1 aromatic rings. The van der Waals surface area contributed by atoms with Crippen LogP contribution in [0.5, 0.6) is 0 Å². The summed E-state index contributed by atoms with van der Waals surface area (Å²) in [5.74, 6) is -0.236. The highest BCUT2D eigenvalue weighted by molar-refractivity contribution is 8.14. The Morgan fingerprint density at radius 1 is 1.50 bits per heavy atom. The molecule has 1 unspecified atom stereocenters. The Labute approximate surface area is 139 Å². The molecule has 0 bridgehead atoms. The summed E-state index contributed by atoms with van der Waals surface area (Å²) >= 11 is 0.852. The van der Waals surface area contributed by atoms with Crippen LogP contribution in [0.3, 0.4) is 0 Å². The molecule has 0 saturated carbocycles. The number of carbonyl (C=O) groups excluding carboxylic acids is 1. The summed E-state index contributed by atoms with van der Waals surface area (Å²) in [6, 6.07) is -1.13. The van der Waals surface area contributed by atoms with Gasteiger partial charge in [-0.3, -0.25) is 10.3 Å². The van der Waals surface area contributed by atoms with Crippen LogP contribution >= 0.6 is 11.8 Å². The van der Waals surface area contributed by atoms with Gasteiger partial charge in [-0.1, -0.05) is 0 Å². The molecule has 1 aliphatic heterocycles. The van der Waals surface area contributed by atoms with Crippen LogP contribution in [-0.2, 0) is 0 Å². The average Bonchev–Trinajstić information content (AvgIpc) is 2.96. The van der Waals surface area contributed by atoms with E-state index in [0.29, 0.717) is 6.54 Å². The minimum Gasteiger partial charge on any atom is -0.423 e. The van der Waals surface area contributed by atoms with Crippen LogP contribution in [-0.4, -0.2) is 57.7 Å². The van der Waals surface area contributed by atoms with E-state index in [1.807, 2.05) is 0 Å². The first-order chi connectivity index (χ1) is 11.2. The topological polar surface area (TPSA) is 107 Å². The highest BCUT2D eigenvalue weighted by atomic mass is 32.2. The Hall–Kier alpha value is -1.79. The lowest BCUT2D eigenvalue weighted by molar-refractivity contribution is -0.141. The number of nitrogens with one attached hydrogen (secondary N) is 2. The fourth-order valence-electron chi connectivity index (χ4n) is 1.94. The average molecular weight is 362 g/mol. The molecule has 4 N–H and O–H groups in total. The molecule has 7 nitrogen and oxygen atoms in total. The second kappa shape index (κ2) is 7.41. The zero-order valence-corrected chi connectivity index (χ0v) is 13.3. The van der Waals surface area contributed by atoms with Gasteiger partial charge in [0.15, 0.2) is 6.04 Å². The molecule has 24 heavy (non-hydrogen) atoms. The van der Waals surface area contributed by atoms with Crippen molar-refractivity contribution in [2.75, 3.05) is 17.6 Å². The molecule has 12 heteroatoms. The number of anilines is 1. The monoisotopic (exact) mass is 362 g/mol. The summed E-state index contributed by atoms with van der Waals surface area (Å²) in [7, 11) is -1.93. The van der Waals surface area contributed by atoms with Crippen LogP contribution in [0.1, 0.15) is 12.5 Å². The van der Waals surface area contributed by atoms with Gasteiger partial charge in [0.2, 0.25) is 0 Å². The van der Waals surface area contributed by atoms with Crippen molar-refractivity contribution in [3.8, 4) is 0 Å². The van der Waals surface area contributed by atoms with Gasteiger partial charge in [-0.25, -0.2) is 9.78 Å². The summed E-state index contributed by atoms with van der Waals surface area (Å²) in [4.78, 5) is 19.0. The van der Waals surface area contributed by atoms with E-state index in [4.69, 9.17) is 0 Å². The summed E-state index contributed by atoms with van der Waals surface area (Å²) in [5.41, 5.74) is -0.00549. The standard InChI is InChI=1S/C12H14BF3N4O3S/c1-2-17-11(21)20-9-3-6(7(4-18-9)13(22)23)10-19-8(5-24-10)12(14,15)16/h3-4,8,22-23H,2,5H2,1H3,(H2,17,18,20,21). The smallest absolute Gasteiger partial charge is 0.423 e. The van der Waals surface area contributed by atoms with Crippen LogP contribution < -0.4 is 16.1 Å². The van der Waals surface area contributed by atoms with Crippen LogP contribution in [0.15, 0.2) is 17.3 Å². The first-order valence-electron chi connectivity index (χ1n) is 6.91. The molecule has 2 amide bonds. The van der Waals surface area contributed by atoms with Gasteiger partial charge in [-0.2, -0.15) is 13.2 Å². The summed E-state index contributed by atoms with van der Waals surface area (Å²) in [6.45, 7) is 2.09. The number of hydrogen-bond donors (Lipinski definition) is 4. The molecule has 2 heterocycles. The second-order valence-corrected chi connectivity index (χ2v) is 5.83. The quantitative estimate of drug-likeness (QED) is 0.578. The minimum atomic E-state index is -4.47. The van der Waals surface area contributed by atoms with Gasteiger partial charge >= 0.3 is 19.3 Å². The van der Waals surface area contributed by atoms with Crippen LogP contribution in [0.25, 0.3) is 0 Å². The molecule has 1 aliphatic rings. The molecule has 0 fully saturated rings. The molecule has 0 aromatic carbocycles. The number of thioether (sulfide) groups is 1. The van der Waals surface area contributed by atoms with E-state index in [9.17, 15) is 28.0 Å². The number of rotatable bonds is 4. The molecule has 130 valence electrons. The van der Waals surface area contributed by atoms with E-state index >= 15 is 0 Å². The van der Waals surface area contributed by atoms with Crippen LogP contribution in [0, 0.1) is 0 Å². The summed E-state index contributed by atoms with van der Waals surface area (Å²) < 4.78 is 38.2. The maximum atomic E-state index is 12.7. The number of pyridine rings is 1. The van der Waals surface area contributed by atoms with Crippen molar-refractivity contribution in [2.24, 2.45) is 4.99 Å². The Balaban J connectivity index is 2.34. The van der Waals surface area contributed by atoms with Crippen molar-refractivity contribution in [3.63, 3.8) is 0 Å². The molecule has 1 aromatic heterocycles. The number of hydrogen-bond acceptors (Lipinski definition) is 6. The second-order valence-electron chi connectivity index (χ2n) is 4.82. The molecule has 1 atom stereocenters. The van der Waals surface area contributed by atoms with Gasteiger partial charge in [0.25, 0.3) is 0 Å². The van der Waals surface area contributed by atoms with Crippen molar-refractivity contribution in [1.82, 2.24) is 10.3 Å². The van der Waals surface area contributed by atoms with Gasteiger partial charge in [-0.15, -0.1) is 11.8 Å². The number of nitrogens with zero attached hydrogens (tertiary/aromatic N) is 2. The van der Waals surface area contributed by atoms with Gasteiger partial charge in [0, 0.05) is 29.5 Å². The molecule has 2 rings (SSSR count). The van der Waals surface area contributed by atoms with E-state index < -0.39 is 25.4 Å². The molecule has 0 radical (unpaired) electrons. The van der Waals surface area contributed by atoms with Gasteiger partial charge in [-0.05, 0) is 13.0 Å². The Morgan fingerprint density at radius 3 is 2.75 bits per heavy atom. The van der Waals surface area contributed by atoms with Gasteiger partial charge in [0.1, 0.15) is 5.82 Å². The first kappa shape index (κ1) is 18.6. The Kier molecular flexibility index (Phi) is 5.72. The minimum absolute atomic E-state index is 0.0155. The molecular weight excluding hydrogens is 348 g/mol. The third-order valence-corrected chi connectivity index (χ3v) is 4.13. The highest BCUT2D eigenvalue weighted by Gasteiger charge is 2.43. The number of urea groups is 1. The van der Waals surface area contributed by atoms with E-state index in [-0.39, 0.29) is 27.6 Å². The third kappa shape index (κ3) is 4.39. The molecular formula is C12H14BF3N4O3S. The number of aromatic nitrogens is 1. The lowest BCUT2D eigenvalue weighted by atomic mass is 9.78. The first-order valence-corrected chi connectivity index (χ1v) is 7.89. The number of halogens is 3. The van der Waals surface area contributed by atoms with Gasteiger partial charge < -0.3 is 15.4 Å². The van der Waals surface area contributed by atoms with Crippen molar-refractivity contribution in [3.05, 3.63) is 17.8 Å². The van der Waals surface area contributed by atoms with Crippen molar-refractivity contribution < 1.29 is 28.0 Å². The predicted molar refractivity (Wildman–Crippen MR) is 85.6 cm³/mol. The molecule has 0 saturated heterocycles. The fourth-order valence-corrected chi connectivity index (χ4v) is 3.05. The lowest BCUT2D eigenvalue weighted by Crippen LogP contribution is -2.35. The zero-order valence-electron chi connectivity index (χ0n) is 12.5. The number of alkyl halides is 3. The number of amides is 2. The maximum absolute atomic E-state index is 12.7. The predicted octanol–water partition coefficient (Wildman–Crippen LogP) is 0.327. The van der Waals surface area contributed by atoms with E-state index in [1.54, 1.807) is 6.92 Å². The summed E-state index contributed by atoms with van der Waals surface area (Å²) in [6.07, 6.45) is -3.40. The van der Waals surface area contributed by atoms with E-state index in [0.717, 1.165) is 18.0 Å². The number of aliphatic imine (C=N–C) groups is 1. The lowest BCUT2D eigenvalue weighted by Gasteiger charge is -2.11.